The molecule has 12 bridgehead atoms. The van der Waals surface area contributed by atoms with Crippen molar-refractivity contribution in [3.8, 4) is 0 Å². The molecule has 26 heteroatoms. The average molecular weight is 1310 g/mol. The second kappa shape index (κ2) is 30.5. The van der Waals surface area contributed by atoms with E-state index in [1.807, 2.05) is 0 Å². The van der Waals surface area contributed by atoms with Crippen LogP contribution in [0.15, 0.2) is 36.5 Å². The summed E-state index contributed by atoms with van der Waals surface area (Å²) >= 11 is 0. The first kappa shape index (κ1) is 69.3. The zero-order valence-electron chi connectivity index (χ0n) is 54.3. The first-order valence-corrected chi connectivity index (χ1v) is 34.1. The third kappa shape index (κ3) is 16.5. The quantitative estimate of drug-likeness (QED) is 0.0546. The minimum Gasteiger partial charge on any atom is -0.391 e. The molecule has 12 aliphatic heterocycles. The summed E-state index contributed by atoms with van der Waals surface area (Å²) in [5.41, 5.74) is 7.34. The summed E-state index contributed by atoms with van der Waals surface area (Å²) in [5, 5.41) is 22.8. The Balaban J connectivity index is 0.710. The molecule has 21 atom stereocenters. The molecule has 11 fully saturated rings. The molecule has 0 aromatic heterocycles. The fraction of sp³-hybridized carbons (Fsp3) is 0.791. The number of primary amides is 1. The maximum Gasteiger partial charge on any atom is 0.312 e. The maximum atomic E-state index is 14.6. The van der Waals surface area contributed by atoms with Crippen LogP contribution in [0.5, 0.6) is 0 Å². The van der Waals surface area contributed by atoms with E-state index in [2.05, 4.69) is 41.3 Å². The molecule has 0 radical (unpaired) electrons. The molecule has 12 heterocycles. The largest absolute Gasteiger partial charge is 0.391 e. The summed E-state index contributed by atoms with van der Waals surface area (Å²) < 4.78 is 72.7. The molecule has 26 nitrogen and oxygen atoms in total. The fourth-order valence-electron chi connectivity index (χ4n) is 16.1. The number of ether oxygens (including phenoxy) is 11. The van der Waals surface area contributed by atoms with Crippen molar-refractivity contribution in [1.29, 1.82) is 0 Å². The monoisotopic (exact) mass is 1310 g/mol. The highest BCUT2D eigenvalue weighted by molar-refractivity contribution is 6.13. The Morgan fingerprint density at radius 3 is 2.20 bits per heavy atom. The van der Waals surface area contributed by atoms with Gasteiger partial charge in [0.05, 0.1) is 99.5 Å². The minimum atomic E-state index is -1.18. The third-order valence-corrected chi connectivity index (χ3v) is 21.1. The summed E-state index contributed by atoms with van der Waals surface area (Å²) in [6, 6.07) is -2.97. The van der Waals surface area contributed by atoms with Gasteiger partial charge in [-0.2, -0.15) is 0 Å². The van der Waals surface area contributed by atoms with Gasteiger partial charge in [-0.25, -0.2) is 4.79 Å². The van der Waals surface area contributed by atoms with Crippen LogP contribution in [0.4, 0.5) is 4.79 Å². The van der Waals surface area contributed by atoms with Gasteiger partial charge in [0, 0.05) is 102 Å². The van der Waals surface area contributed by atoms with Crippen LogP contribution in [0.1, 0.15) is 136 Å². The Morgan fingerprint density at radius 1 is 0.753 bits per heavy atom. The number of fused-ring (bicyclic) bond motifs is 6. The molecule has 516 valence electrons. The summed E-state index contributed by atoms with van der Waals surface area (Å²) in [6.07, 6.45) is 3.57. The van der Waals surface area contributed by atoms with Crippen molar-refractivity contribution in [2.24, 2.45) is 35.3 Å². The number of hydrogen-bond acceptors (Lipinski definition) is 20. The van der Waals surface area contributed by atoms with E-state index < -0.39 is 120 Å². The lowest BCUT2D eigenvalue weighted by Gasteiger charge is -2.47. The number of nitrogens with one attached hydrogen (secondary N) is 4. The van der Waals surface area contributed by atoms with Crippen LogP contribution in [0.25, 0.3) is 0 Å². The summed E-state index contributed by atoms with van der Waals surface area (Å²) in [4.78, 5) is 106. The molecule has 1 spiro atoms. The number of rotatable bonds is 21. The number of urea groups is 1. The first-order valence-electron chi connectivity index (χ1n) is 34.1. The number of aliphatic hydroxyl groups excluding tert-OH is 1. The number of carbonyl (C=O) groups is 8. The summed E-state index contributed by atoms with van der Waals surface area (Å²) in [5.74, 6) is -5.19. The van der Waals surface area contributed by atoms with Crippen molar-refractivity contribution in [2.75, 3.05) is 53.2 Å². The van der Waals surface area contributed by atoms with E-state index in [0.29, 0.717) is 38.5 Å². The molecule has 2 unspecified atom stereocenters. The Bertz CT molecular complexity index is 2780. The van der Waals surface area contributed by atoms with Gasteiger partial charge in [0.1, 0.15) is 54.2 Å². The molecule has 7 N–H and O–H groups in total. The van der Waals surface area contributed by atoms with Crippen LogP contribution in [0, 0.1) is 29.6 Å². The highest BCUT2D eigenvalue weighted by atomic mass is 16.8. The molecule has 12 aliphatic rings. The SMILES string of the molecule is C=C1C[C@@H]2CC[C@@]34C[C@H]5OC6C(O[C@H]7CC[C@H](CC(=O)C[C@@H]8[C@@H](OC)[C@@H](C[C@H](O)CNC(=O)[C@H](CCCNC(N)=O)NC(=O)[C@@H](NC(=O)CCC9COCC(C(=O)CCN%10C(=O)C=CC%10=O)COC9)C(C)C)O[C@H]8C[C@H]8O[C@@H](CC[C@@H]1O2)C[C@@H](C)C8=C)O[C@@H]7[C@@H]6O3)[C@H]5O4. The third-order valence-electron chi connectivity index (χ3n) is 21.1. The van der Waals surface area contributed by atoms with E-state index in [9.17, 15) is 43.5 Å². The van der Waals surface area contributed by atoms with Crippen LogP contribution in [-0.4, -0.2) is 226 Å². The van der Waals surface area contributed by atoms with E-state index in [1.54, 1.807) is 21.0 Å². The number of nitrogens with two attached hydrogens (primary N) is 1. The van der Waals surface area contributed by atoms with Gasteiger partial charge < -0.3 is 84.2 Å². The van der Waals surface area contributed by atoms with Crippen LogP contribution in [0.2, 0.25) is 0 Å². The zero-order valence-corrected chi connectivity index (χ0v) is 54.3. The van der Waals surface area contributed by atoms with Gasteiger partial charge in [-0.15, -0.1) is 0 Å². The maximum absolute atomic E-state index is 14.6. The second-order valence-corrected chi connectivity index (χ2v) is 28.3. The Hall–Kier alpha value is -5.10. The van der Waals surface area contributed by atoms with Gasteiger partial charge >= 0.3 is 6.03 Å². The van der Waals surface area contributed by atoms with Crippen molar-refractivity contribution in [3.05, 3.63) is 36.5 Å². The van der Waals surface area contributed by atoms with Crippen LogP contribution in [0.3, 0.4) is 0 Å². The second-order valence-electron chi connectivity index (χ2n) is 28.3. The van der Waals surface area contributed by atoms with Crippen molar-refractivity contribution >= 4 is 47.1 Å². The van der Waals surface area contributed by atoms with Crippen LogP contribution >= 0.6 is 0 Å². The van der Waals surface area contributed by atoms with Crippen molar-refractivity contribution < 1.29 is 95.6 Å². The number of hydrogen-bond donors (Lipinski definition) is 6. The van der Waals surface area contributed by atoms with Gasteiger partial charge in [0.15, 0.2) is 5.79 Å². The number of Topliss-reactive ketones (excluding diaryl/α,β-unsaturated/α-hetero) is 2. The van der Waals surface area contributed by atoms with Crippen LogP contribution in [-0.2, 0) is 85.7 Å². The van der Waals surface area contributed by atoms with Gasteiger partial charge in [0.2, 0.25) is 17.7 Å². The Labute approximate surface area is 543 Å². The Kier molecular flexibility index (Phi) is 22.7. The highest BCUT2D eigenvalue weighted by Gasteiger charge is 2.69. The zero-order chi connectivity index (χ0) is 65.8. The molecule has 0 saturated carbocycles. The predicted octanol–water partition coefficient (Wildman–Crippen LogP) is 2.61. The summed E-state index contributed by atoms with van der Waals surface area (Å²) in [6.45, 7) is 15.0. The lowest BCUT2D eigenvalue weighted by molar-refractivity contribution is -0.292. The van der Waals surface area contributed by atoms with E-state index in [1.165, 1.54) is 12.2 Å². The lowest BCUT2D eigenvalue weighted by Crippen LogP contribution is -2.61. The van der Waals surface area contributed by atoms with Crippen molar-refractivity contribution in [3.63, 3.8) is 0 Å². The number of ketones is 2. The van der Waals surface area contributed by atoms with Gasteiger partial charge in [-0.3, -0.25) is 38.5 Å². The van der Waals surface area contributed by atoms with E-state index in [4.69, 9.17) is 57.8 Å². The van der Waals surface area contributed by atoms with E-state index >= 15 is 0 Å². The first-order chi connectivity index (χ1) is 44.6. The normalized spacial score (nSPS) is 38.5. The smallest absolute Gasteiger partial charge is 0.312 e. The number of nitrogens with zero attached hydrogens (tertiary/aromatic N) is 1. The van der Waals surface area contributed by atoms with E-state index in [-0.39, 0.29) is 163 Å². The topological polar surface area (TPSA) is 336 Å². The number of methoxy groups -OCH3 is 1. The van der Waals surface area contributed by atoms with Crippen molar-refractivity contribution in [1.82, 2.24) is 26.2 Å². The molecule has 0 aliphatic carbocycles. The van der Waals surface area contributed by atoms with Gasteiger partial charge in [0.25, 0.3) is 11.8 Å². The fourth-order valence-corrected chi connectivity index (χ4v) is 16.1. The van der Waals surface area contributed by atoms with Gasteiger partial charge in [-0.1, -0.05) is 33.9 Å². The number of amides is 7. The minimum absolute atomic E-state index is 0.0106. The number of carbonyl (C=O) groups excluding carboxylic acids is 8. The van der Waals surface area contributed by atoms with E-state index in [0.717, 1.165) is 48.2 Å². The van der Waals surface area contributed by atoms with Gasteiger partial charge in [-0.05, 0) is 87.2 Å². The Morgan fingerprint density at radius 2 is 1.46 bits per heavy atom. The molecule has 11 saturated heterocycles. The van der Waals surface area contributed by atoms with Crippen molar-refractivity contribution in [2.45, 2.75) is 252 Å². The molecular weight excluding hydrogens is 1210 g/mol. The number of imide groups is 1. The molecule has 93 heavy (non-hydrogen) atoms. The molecule has 12 rings (SSSR count). The highest BCUT2D eigenvalue weighted by Crippen LogP contribution is 2.54. The average Bonchev–Trinajstić information content (AvgIpc) is 1.55. The molecule has 0 aromatic rings. The summed E-state index contributed by atoms with van der Waals surface area (Å²) in [7, 11) is 1.57. The molecule has 7 amide bonds. The molecular formula is C67H98N6O20. The predicted molar refractivity (Wildman–Crippen MR) is 329 cm³/mol. The lowest BCUT2D eigenvalue weighted by atomic mass is 9.81. The van der Waals surface area contributed by atoms with Crippen LogP contribution < -0.4 is 27.0 Å². The molecule has 0 aromatic carbocycles. The number of aliphatic hydroxyl groups is 1. The standard InChI is InChI=1S/C67H98N6O20/c1-34(2)57(72-54(77)14-9-38-30-84-32-39(33-85-31-38)47(76)18-21-73-55(78)15-16-56(73)79)65(81)71-46(8-7-20-69-66(68)82)64(80)70-29-41(75)26-52-58(83-6)45-25-40(74)24-43-11-13-49-59(88-43)63-62-61(90-49)60-53(91-62)28-67(92-60,93-63)19-17-44-23-36(4)48(86-44)12-10-42-22-35(3)37(5)50(87-42)27-51(45)89-52/h15-16,34-35,38-39,41-46,48-53,57-63,75H,4-5,7-14,17-33H2,1-3,6H3,(H,70,80)(H,71,81)(H,72,77)(H3,68,69,82)/t35-,38?,39?,41+,42+,43-,44+,45+,46+,48+,49+,50-,51+,52-,53-,57+,58-,59+,60+,61?,62?,63+,67+/m1/s1.